The molecule has 0 radical (unpaired) electrons. The molecule has 90 valence electrons. The zero-order valence-electron chi connectivity index (χ0n) is 9.39. The third kappa shape index (κ3) is 3.01. The minimum absolute atomic E-state index is 0.183. The fourth-order valence-corrected chi connectivity index (χ4v) is 1.92. The van der Waals surface area contributed by atoms with Crippen LogP contribution in [0.2, 0.25) is 0 Å². The highest BCUT2D eigenvalue weighted by Gasteiger charge is 2.07. The number of nitrogens with two attached hydrogens (primary N) is 1. The van der Waals surface area contributed by atoms with Crippen molar-refractivity contribution in [1.82, 2.24) is 4.98 Å². The van der Waals surface area contributed by atoms with Crippen molar-refractivity contribution in [2.75, 3.05) is 0 Å². The summed E-state index contributed by atoms with van der Waals surface area (Å²) in [4.78, 5) is 4.06. The fraction of sp³-hybridized carbons (Fsp3) is 0.250. The largest absolute Gasteiger partial charge is 0.484 e. The molecule has 0 fully saturated rings. The topological polar surface area (TPSA) is 48.1 Å². The van der Waals surface area contributed by atoms with Gasteiger partial charge in [0.2, 0.25) is 0 Å². The number of halogens is 1. The average molecular weight is 252 g/mol. The van der Waals surface area contributed by atoms with E-state index in [0.29, 0.717) is 0 Å². The Morgan fingerprint density at radius 3 is 2.94 bits per heavy atom. The summed E-state index contributed by atoms with van der Waals surface area (Å²) in [5.41, 5.74) is 8.93. The average Bonchev–Trinajstić information content (AvgIpc) is 2.80. The summed E-state index contributed by atoms with van der Waals surface area (Å²) in [6.07, 6.45) is 0. The van der Waals surface area contributed by atoms with Gasteiger partial charge >= 0.3 is 0 Å². The number of aromatic nitrogens is 1. The van der Waals surface area contributed by atoms with Gasteiger partial charge in [-0.2, -0.15) is 0 Å². The van der Waals surface area contributed by atoms with Gasteiger partial charge in [0, 0.05) is 11.4 Å². The zero-order chi connectivity index (χ0) is 12.3. The van der Waals surface area contributed by atoms with E-state index in [1.165, 1.54) is 17.4 Å². The van der Waals surface area contributed by atoms with Crippen LogP contribution in [-0.4, -0.2) is 4.98 Å². The van der Waals surface area contributed by atoms with Gasteiger partial charge in [0.25, 0.3) is 0 Å². The first kappa shape index (κ1) is 12.0. The highest BCUT2D eigenvalue weighted by Crippen LogP contribution is 2.22. The number of hydrogen-bond acceptors (Lipinski definition) is 4. The third-order valence-electron chi connectivity index (χ3n) is 2.34. The van der Waals surface area contributed by atoms with Crippen LogP contribution in [0, 0.1) is 5.82 Å². The Labute approximate surface area is 103 Å². The number of thiazole rings is 1. The lowest BCUT2D eigenvalue weighted by Gasteiger charge is -2.09. The molecule has 1 aromatic heterocycles. The van der Waals surface area contributed by atoms with Crippen LogP contribution in [0.25, 0.3) is 0 Å². The van der Waals surface area contributed by atoms with E-state index in [9.17, 15) is 4.39 Å². The Morgan fingerprint density at radius 1 is 1.53 bits per heavy atom. The second kappa shape index (κ2) is 5.25. The molecule has 0 saturated heterocycles. The molecule has 3 nitrogen and oxygen atoms in total. The minimum Gasteiger partial charge on any atom is -0.484 e. The van der Waals surface area contributed by atoms with Crippen molar-refractivity contribution in [3.63, 3.8) is 0 Å². The zero-order valence-corrected chi connectivity index (χ0v) is 10.2. The molecule has 5 heteroatoms. The third-order valence-corrected chi connectivity index (χ3v) is 2.98. The van der Waals surface area contributed by atoms with Crippen molar-refractivity contribution in [3.8, 4) is 5.75 Å². The number of rotatable bonds is 4. The molecule has 0 aliphatic heterocycles. The summed E-state index contributed by atoms with van der Waals surface area (Å²) in [6, 6.07) is 4.59. The van der Waals surface area contributed by atoms with E-state index in [2.05, 4.69) is 4.98 Å². The van der Waals surface area contributed by atoms with Crippen LogP contribution in [0.1, 0.15) is 24.2 Å². The lowest BCUT2D eigenvalue weighted by atomic mass is 10.1. The highest BCUT2D eigenvalue weighted by molar-refractivity contribution is 7.07. The minimum atomic E-state index is -0.393. The maximum atomic E-state index is 13.6. The fourth-order valence-electron chi connectivity index (χ4n) is 1.38. The molecule has 0 aliphatic rings. The molecule has 17 heavy (non-hydrogen) atoms. The van der Waals surface area contributed by atoms with Gasteiger partial charge in [-0.15, -0.1) is 11.3 Å². The van der Waals surface area contributed by atoms with Crippen LogP contribution in [0.5, 0.6) is 5.75 Å². The van der Waals surface area contributed by atoms with Gasteiger partial charge in [-0.25, -0.2) is 9.37 Å². The molecule has 0 saturated carbocycles. The summed E-state index contributed by atoms with van der Waals surface area (Å²) >= 11 is 1.48. The number of ether oxygens (including phenoxy) is 1. The van der Waals surface area contributed by atoms with Crippen LogP contribution in [-0.2, 0) is 6.61 Å². The summed E-state index contributed by atoms with van der Waals surface area (Å²) in [5, 5.41) is 1.87. The molecule has 2 rings (SSSR count). The second-order valence-electron chi connectivity index (χ2n) is 3.75. The van der Waals surface area contributed by atoms with Crippen LogP contribution in [0.4, 0.5) is 4.39 Å². The first-order chi connectivity index (χ1) is 8.16. The van der Waals surface area contributed by atoms with Gasteiger partial charge in [0.15, 0.2) is 11.6 Å². The van der Waals surface area contributed by atoms with E-state index in [1.54, 1.807) is 17.6 Å². The van der Waals surface area contributed by atoms with E-state index in [-0.39, 0.29) is 18.4 Å². The van der Waals surface area contributed by atoms with E-state index < -0.39 is 5.82 Å². The van der Waals surface area contributed by atoms with Crippen LogP contribution in [0.3, 0.4) is 0 Å². The summed E-state index contributed by atoms with van der Waals surface area (Å²) in [7, 11) is 0. The molecule has 0 spiro atoms. The number of benzene rings is 1. The molecule has 1 atom stereocenters. The highest BCUT2D eigenvalue weighted by atomic mass is 32.1. The molecule has 0 amide bonds. The summed E-state index contributed by atoms with van der Waals surface area (Å²) in [5.74, 6) is -0.169. The second-order valence-corrected chi connectivity index (χ2v) is 4.47. The van der Waals surface area contributed by atoms with Crippen LogP contribution >= 0.6 is 11.3 Å². The first-order valence-corrected chi connectivity index (χ1v) is 6.16. The lowest BCUT2D eigenvalue weighted by molar-refractivity contribution is 0.286. The molecule has 0 aliphatic carbocycles. The molecular formula is C12H13FN2OS. The van der Waals surface area contributed by atoms with E-state index in [0.717, 1.165) is 11.3 Å². The quantitative estimate of drug-likeness (QED) is 0.910. The van der Waals surface area contributed by atoms with E-state index in [1.807, 2.05) is 12.3 Å². The Kier molecular flexibility index (Phi) is 3.71. The van der Waals surface area contributed by atoms with Gasteiger partial charge in [-0.3, -0.25) is 0 Å². The standard InChI is InChI=1S/C12H13FN2OS/c1-8(14)9-2-3-12(11(13)4-9)16-5-10-6-17-7-15-10/h2-4,6-8H,5,14H2,1H3/t8-/m0/s1. The van der Waals surface area contributed by atoms with Gasteiger partial charge in [0.05, 0.1) is 11.2 Å². The number of hydrogen-bond donors (Lipinski definition) is 1. The molecular weight excluding hydrogens is 239 g/mol. The van der Waals surface area contributed by atoms with E-state index in [4.69, 9.17) is 10.5 Å². The molecule has 1 aromatic carbocycles. The lowest BCUT2D eigenvalue weighted by Crippen LogP contribution is -2.06. The normalized spacial score (nSPS) is 12.4. The maximum Gasteiger partial charge on any atom is 0.165 e. The Morgan fingerprint density at radius 2 is 2.35 bits per heavy atom. The van der Waals surface area contributed by atoms with Gasteiger partial charge in [-0.1, -0.05) is 6.07 Å². The number of nitrogens with zero attached hydrogens (tertiary/aromatic N) is 1. The van der Waals surface area contributed by atoms with Crippen molar-refractivity contribution >= 4 is 11.3 Å². The van der Waals surface area contributed by atoms with Crippen LogP contribution < -0.4 is 10.5 Å². The smallest absolute Gasteiger partial charge is 0.165 e. The van der Waals surface area contributed by atoms with Crippen molar-refractivity contribution in [3.05, 3.63) is 46.2 Å². The maximum absolute atomic E-state index is 13.6. The van der Waals surface area contributed by atoms with Crippen LogP contribution in [0.15, 0.2) is 29.1 Å². The molecule has 0 bridgehead atoms. The molecule has 1 heterocycles. The van der Waals surface area contributed by atoms with Crippen molar-refractivity contribution in [2.45, 2.75) is 19.6 Å². The first-order valence-electron chi connectivity index (χ1n) is 5.21. The van der Waals surface area contributed by atoms with Crippen molar-refractivity contribution in [2.24, 2.45) is 5.73 Å². The van der Waals surface area contributed by atoms with Gasteiger partial charge in [-0.05, 0) is 24.6 Å². The Balaban J connectivity index is 2.06. The molecule has 2 aromatic rings. The summed E-state index contributed by atoms with van der Waals surface area (Å²) < 4.78 is 19.0. The van der Waals surface area contributed by atoms with Crippen molar-refractivity contribution in [1.29, 1.82) is 0 Å². The SMILES string of the molecule is C[C@H](N)c1ccc(OCc2cscn2)c(F)c1. The van der Waals surface area contributed by atoms with Gasteiger partial charge in [0.1, 0.15) is 6.61 Å². The monoisotopic (exact) mass is 252 g/mol. The summed E-state index contributed by atoms with van der Waals surface area (Å²) in [6.45, 7) is 2.09. The Hall–Kier alpha value is -1.46. The van der Waals surface area contributed by atoms with Gasteiger partial charge < -0.3 is 10.5 Å². The molecule has 2 N–H and O–H groups in total. The molecule has 0 unspecified atom stereocenters. The predicted molar refractivity (Wildman–Crippen MR) is 65.4 cm³/mol. The van der Waals surface area contributed by atoms with E-state index >= 15 is 0 Å². The predicted octanol–water partition coefficient (Wildman–Crippen LogP) is 2.88. The van der Waals surface area contributed by atoms with Crippen molar-refractivity contribution < 1.29 is 9.13 Å². The Bertz CT molecular complexity index is 485.